The minimum Gasteiger partial charge on any atom is -0.381 e. The maximum Gasteiger partial charge on any atom is 0.153 e. The molecule has 1 aliphatic rings. The predicted octanol–water partition coefficient (Wildman–Crippen LogP) is 3.99. The molecule has 2 atom stereocenters. The van der Waals surface area contributed by atoms with Crippen LogP contribution in [0.15, 0.2) is 17.0 Å². The Labute approximate surface area is 139 Å². The summed E-state index contributed by atoms with van der Waals surface area (Å²) >= 11 is 3.61. The number of fused-ring (bicyclic) bond motifs is 1. The molecule has 0 saturated carbocycles. The van der Waals surface area contributed by atoms with Crippen molar-refractivity contribution < 1.29 is 4.74 Å². The second-order valence-electron chi connectivity index (χ2n) is 5.85. The third kappa shape index (κ3) is 2.99. The average Bonchev–Trinajstić information content (AvgIpc) is 3.15. The van der Waals surface area contributed by atoms with Crippen LogP contribution in [0.1, 0.15) is 51.3 Å². The van der Waals surface area contributed by atoms with E-state index in [0.29, 0.717) is 12.0 Å². The van der Waals surface area contributed by atoms with Gasteiger partial charge < -0.3 is 10.1 Å². The first-order valence-corrected chi connectivity index (χ1v) is 8.90. The van der Waals surface area contributed by atoms with Gasteiger partial charge in [-0.15, -0.1) is 0 Å². The third-order valence-corrected chi connectivity index (χ3v) is 4.86. The fourth-order valence-electron chi connectivity index (χ4n) is 3.07. The summed E-state index contributed by atoms with van der Waals surface area (Å²) in [5.74, 6) is 2.34. The van der Waals surface area contributed by atoms with E-state index in [-0.39, 0.29) is 0 Å². The molecule has 2 unspecified atom stereocenters. The number of hydrogen-bond acceptors (Lipinski definition) is 4. The van der Waals surface area contributed by atoms with E-state index in [0.717, 1.165) is 54.2 Å². The summed E-state index contributed by atoms with van der Waals surface area (Å²) in [5.41, 5.74) is 1.03. The Bertz CT molecular complexity index is 636. The SMILES string of the molecule is CCCC(CC)Nc1nccn2c(C3CCOC3)nc(Br)c12. The molecule has 6 heteroatoms. The van der Waals surface area contributed by atoms with Gasteiger partial charge >= 0.3 is 0 Å². The summed E-state index contributed by atoms with van der Waals surface area (Å²) in [6.07, 6.45) is 8.28. The predicted molar refractivity (Wildman–Crippen MR) is 91.5 cm³/mol. The fourth-order valence-corrected chi connectivity index (χ4v) is 3.63. The number of hydrogen-bond donors (Lipinski definition) is 1. The van der Waals surface area contributed by atoms with E-state index >= 15 is 0 Å². The largest absolute Gasteiger partial charge is 0.381 e. The van der Waals surface area contributed by atoms with Crippen LogP contribution in [0.2, 0.25) is 0 Å². The Morgan fingerprint density at radius 1 is 1.50 bits per heavy atom. The van der Waals surface area contributed by atoms with Crippen molar-refractivity contribution >= 4 is 27.3 Å². The van der Waals surface area contributed by atoms with Crippen molar-refractivity contribution in [2.24, 2.45) is 0 Å². The van der Waals surface area contributed by atoms with E-state index in [1.54, 1.807) is 0 Å². The van der Waals surface area contributed by atoms with Crippen LogP contribution < -0.4 is 5.32 Å². The topological polar surface area (TPSA) is 51.5 Å². The molecule has 3 heterocycles. The van der Waals surface area contributed by atoms with Crippen LogP contribution >= 0.6 is 15.9 Å². The molecule has 22 heavy (non-hydrogen) atoms. The Morgan fingerprint density at radius 2 is 2.36 bits per heavy atom. The smallest absolute Gasteiger partial charge is 0.153 e. The van der Waals surface area contributed by atoms with Crippen LogP contribution in [0.3, 0.4) is 0 Å². The summed E-state index contributed by atoms with van der Waals surface area (Å²) in [7, 11) is 0. The second-order valence-corrected chi connectivity index (χ2v) is 6.61. The minimum atomic E-state index is 0.367. The zero-order valence-corrected chi connectivity index (χ0v) is 14.8. The van der Waals surface area contributed by atoms with Crippen LogP contribution in [0, 0.1) is 0 Å². The van der Waals surface area contributed by atoms with E-state index in [4.69, 9.17) is 9.72 Å². The van der Waals surface area contributed by atoms with E-state index in [9.17, 15) is 0 Å². The quantitative estimate of drug-likeness (QED) is 0.839. The summed E-state index contributed by atoms with van der Waals surface area (Å²) in [6, 6.07) is 0.448. The van der Waals surface area contributed by atoms with Crippen molar-refractivity contribution in [3.63, 3.8) is 0 Å². The van der Waals surface area contributed by atoms with Gasteiger partial charge in [-0.3, -0.25) is 4.40 Å². The van der Waals surface area contributed by atoms with Gasteiger partial charge in [0.1, 0.15) is 15.9 Å². The number of anilines is 1. The zero-order chi connectivity index (χ0) is 15.5. The highest BCUT2D eigenvalue weighted by Crippen LogP contribution is 2.31. The minimum absolute atomic E-state index is 0.367. The van der Waals surface area contributed by atoms with E-state index in [1.807, 2.05) is 12.4 Å². The Kier molecular flexibility index (Phi) is 4.98. The van der Waals surface area contributed by atoms with E-state index in [1.165, 1.54) is 6.42 Å². The van der Waals surface area contributed by atoms with Crippen LogP contribution in [0.5, 0.6) is 0 Å². The van der Waals surface area contributed by atoms with E-state index in [2.05, 4.69) is 44.5 Å². The Morgan fingerprint density at radius 3 is 3.05 bits per heavy atom. The molecule has 120 valence electrons. The van der Waals surface area contributed by atoms with Crippen LogP contribution in [0.4, 0.5) is 5.82 Å². The standard InChI is InChI=1S/C16H23BrN4O/c1-3-5-12(4-2)19-15-13-14(17)20-16(11-6-9-22-10-11)21(13)8-7-18-15/h7-8,11-12H,3-6,9-10H2,1-2H3,(H,18,19). The molecule has 1 fully saturated rings. The molecule has 5 nitrogen and oxygen atoms in total. The highest BCUT2D eigenvalue weighted by atomic mass is 79.9. The molecule has 0 spiro atoms. The maximum atomic E-state index is 5.51. The molecular weight excluding hydrogens is 344 g/mol. The monoisotopic (exact) mass is 366 g/mol. The van der Waals surface area contributed by atoms with Crippen molar-refractivity contribution in [3.05, 3.63) is 22.8 Å². The zero-order valence-electron chi connectivity index (χ0n) is 13.2. The van der Waals surface area contributed by atoms with Gasteiger partial charge in [0.05, 0.1) is 6.61 Å². The van der Waals surface area contributed by atoms with Crippen molar-refractivity contribution in [1.29, 1.82) is 0 Å². The second kappa shape index (κ2) is 6.96. The molecule has 2 aromatic rings. The van der Waals surface area contributed by atoms with Gasteiger partial charge in [0.15, 0.2) is 5.82 Å². The molecule has 1 aliphatic heterocycles. The summed E-state index contributed by atoms with van der Waals surface area (Å²) in [5, 5.41) is 3.58. The lowest BCUT2D eigenvalue weighted by Crippen LogP contribution is -2.19. The normalized spacial score (nSPS) is 19.7. The maximum absolute atomic E-state index is 5.51. The van der Waals surface area contributed by atoms with Gasteiger partial charge in [-0.05, 0) is 35.2 Å². The summed E-state index contributed by atoms with van der Waals surface area (Å²) in [4.78, 5) is 9.28. The number of imidazole rings is 1. The van der Waals surface area contributed by atoms with Gasteiger partial charge in [-0.2, -0.15) is 0 Å². The highest BCUT2D eigenvalue weighted by Gasteiger charge is 2.25. The Hall–Kier alpha value is -1.14. The fraction of sp³-hybridized carbons (Fsp3) is 0.625. The molecule has 1 saturated heterocycles. The number of rotatable bonds is 6. The van der Waals surface area contributed by atoms with Gasteiger partial charge in [-0.25, -0.2) is 9.97 Å². The van der Waals surface area contributed by atoms with Crippen LogP contribution in [-0.2, 0) is 4.74 Å². The molecule has 2 aromatic heterocycles. The Balaban J connectivity index is 1.97. The first-order chi connectivity index (χ1) is 10.7. The highest BCUT2D eigenvalue weighted by molar-refractivity contribution is 9.10. The lowest BCUT2D eigenvalue weighted by Gasteiger charge is -2.17. The molecule has 0 bridgehead atoms. The van der Waals surface area contributed by atoms with Gasteiger partial charge in [-0.1, -0.05) is 20.3 Å². The van der Waals surface area contributed by atoms with Crippen molar-refractivity contribution in [2.45, 2.75) is 51.5 Å². The number of halogens is 1. The van der Waals surface area contributed by atoms with Crippen LogP contribution in [0.25, 0.3) is 5.52 Å². The van der Waals surface area contributed by atoms with Crippen molar-refractivity contribution in [3.8, 4) is 0 Å². The van der Waals surface area contributed by atoms with Crippen molar-refractivity contribution in [2.75, 3.05) is 18.5 Å². The molecule has 0 radical (unpaired) electrons. The average molecular weight is 367 g/mol. The third-order valence-electron chi connectivity index (χ3n) is 4.31. The van der Waals surface area contributed by atoms with Gasteiger partial charge in [0.2, 0.25) is 0 Å². The number of ether oxygens (including phenoxy) is 1. The number of nitrogens with zero attached hydrogens (tertiary/aromatic N) is 3. The molecule has 0 aromatic carbocycles. The lowest BCUT2D eigenvalue weighted by molar-refractivity contribution is 0.193. The summed E-state index contributed by atoms with van der Waals surface area (Å²) in [6.45, 7) is 6.00. The summed E-state index contributed by atoms with van der Waals surface area (Å²) < 4.78 is 8.52. The molecule has 0 amide bonds. The van der Waals surface area contributed by atoms with Crippen LogP contribution in [-0.4, -0.2) is 33.6 Å². The molecule has 0 aliphatic carbocycles. The molecule has 3 rings (SSSR count). The number of nitrogens with one attached hydrogen (secondary N) is 1. The van der Waals surface area contributed by atoms with Gasteiger partial charge in [0.25, 0.3) is 0 Å². The number of aromatic nitrogens is 3. The lowest BCUT2D eigenvalue weighted by atomic mass is 10.1. The first-order valence-electron chi connectivity index (χ1n) is 8.11. The first kappa shape index (κ1) is 15.7. The van der Waals surface area contributed by atoms with Gasteiger partial charge in [0, 0.05) is 31.0 Å². The van der Waals surface area contributed by atoms with Crippen molar-refractivity contribution in [1.82, 2.24) is 14.4 Å². The van der Waals surface area contributed by atoms with E-state index < -0.39 is 0 Å². The molecular formula is C16H23BrN4O. The molecule has 1 N–H and O–H groups in total.